The molecule has 0 aliphatic carbocycles. The molecule has 0 saturated carbocycles. The van der Waals surface area contributed by atoms with Crippen LogP contribution in [0.4, 0.5) is 5.82 Å². The average molecular weight is 407 g/mol. The zero-order chi connectivity index (χ0) is 19.8. The number of piperidine rings is 1. The van der Waals surface area contributed by atoms with E-state index in [1.54, 1.807) is 23.9 Å². The van der Waals surface area contributed by atoms with Crippen molar-refractivity contribution in [3.05, 3.63) is 48.3 Å². The monoisotopic (exact) mass is 407 g/mol. The van der Waals surface area contributed by atoms with E-state index in [0.717, 1.165) is 63.7 Å². The summed E-state index contributed by atoms with van der Waals surface area (Å²) < 4.78 is 6.59. The number of furan rings is 1. The van der Waals surface area contributed by atoms with Crippen molar-refractivity contribution in [3.63, 3.8) is 0 Å². The standard InChI is InChI=1S/C21H21N5O2S/c1-13-4-5-15(28-13)11-23-20(27)14-6-9-26(10-7-14)19-18-17(24-12-25-19)16-3-2-8-22-21(16)29-18/h2-5,8,12,14H,6-7,9-11H2,1H3,(H,23,27). The molecule has 1 saturated heterocycles. The summed E-state index contributed by atoms with van der Waals surface area (Å²) in [6.07, 6.45) is 5.04. The molecule has 7 nitrogen and oxygen atoms in total. The van der Waals surface area contributed by atoms with Crippen molar-refractivity contribution in [2.45, 2.75) is 26.3 Å². The van der Waals surface area contributed by atoms with Gasteiger partial charge in [0.25, 0.3) is 0 Å². The van der Waals surface area contributed by atoms with E-state index in [-0.39, 0.29) is 11.8 Å². The van der Waals surface area contributed by atoms with E-state index in [9.17, 15) is 4.79 Å². The molecule has 4 aromatic rings. The van der Waals surface area contributed by atoms with Crippen LogP contribution in [-0.4, -0.2) is 33.9 Å². The van der Waals surface area contributed by atoms with E-state index >= 15 is 0 Å². The van der Waals surface area contributed by atoms with E-state index in [4.69, 9.17) is 4.42 Å². The zero-order valence-corrected chi connectivity index (χ0v) is 16.9. The summed E-state index contributed by atoms with van der Waals surface area (Å²) in [5, 5.41) is 4.07. The van der Waals surface area contributed by atoms with Crippen LogP contribution in [0, 0.1) is 12.8 Å². The third-order valence-electron chi connectivity index (χ3n) is 5.41. The number of fused-ring (bicyclic) bond motifs is 3. The molecule has 1 aliphatic rings. The molecular formula is C21H21N5O2S. The summed E-state index contributed by atoms with van der Waals surface area (Å²) in [6.45, 7) is 3.93. The van der Waals surface area contributed by atoms with Crippen LogP contribution < -0.4 is 10.2 Å². The van der Waals surface area contributed by atoms with Crippen molar-refractivity contribution >= 4 is 43.5 Å². The lowest BCUT2D eigenvalue weighted by molar-refractivity contribution is -0.125. The van der Waals surface area contributed by atoms with Gasteiger partial charge in [-0.05, 0) is 44.0 Å². The van der Waals surface area contributed by atoms with E-state index in [1.807, 2.05) is 25.1 Å². The van der Waals surface area contributed by atoms with Crippen LogP contribution in [0.5, 0.6) is 0 Å². The fraction of sp³-hybridized carbons (Fsp3) is 0.333. The van der Waals surface area contributed by atoms with Gasteiger partial charge in [-0.2, -0.15) is 0 Å². The van der Waals surface area contributed by atoms with Crippen molar-refractivity contribution in [1.82, 2.24) is 20.3 Å². The topological polar surface area (TPSA) is 84.2 Å². The Morgan fingerprint density at radius 3 is 2.90 bits per heavy atom. The van der Waals surface area contributed by atoms with Gasteiger partial charge in [-0.25, -0.2) is 15.0 Å². The Balaban J connectivity index is 1.27. The predicted octanol–water partition coefficient (Wildman–Crippen LogP) is 3.67. The van der Waals surface area contributed by atoms with Gasteiger partial charge in [-0.1, -0.05) is 0 Å². The molecule has 1 fully saturated rings. The van der Waals surface area contributed by atoms with Gasteiger partial charge < -0.3 is 14.6 Å². The number of hydrogen-bond donors (Lipinski definition) is 1. The Morgan fingerprint density at radius 2 is 2.10 bits per heavy atom. The van der Waals surface area contributed by atoms with Gasteiger partial charge in [0, 0.05) is 30.6 Å². The van der Waals surface area contributed by atoms with Crippen molar-refractivity contribution < 1.29 is 9.21 Å². The number of anilines is 1. The van der Waals surface area contributed by atoms with Crippen LogP contribution in [0.1, 0.15) is 24.4 Å². The first-order valence-electron chi connectivity index (χ1n) is 9.75. The number of carbonyl (C=O) groups excluding carboxylic acids is 1. The summed E-state index contributed by atoms with van der Waals surface area (Å²) >= 11 is 1.63. The first-order chi connectivity index (χ1) is 14.2. The number of rotatable bonds is 4. The van der Waals surface area contributed by atoms with Gasteiger partial charge in [0.2, 0.25) is 5.91 Å². The minimum atomic E-state index is 0.0173. The summed E-state index contributed by atoms with van der Waals surface area (Å²) in [6, 6.07) is 7.80. The number of aryl methyl sites for hydroxylation is 1. The van der Waals surface area contributed by atoms with Crippen LogP contribution in [0.2, 0.25) is 0 Å². The lowest BCUT2D eigenvalue weighted by Crippen LogP contribution is -2.40. The SMILES string of the molecule is Cc1ccc(CNC(=O)C2CCN(c3ncnc4c3sc3ncccc34)CC2)o1. The average Bonchev–Trinajstić information content (AvgIpc) is 3.35. The maximum atomic E-state index is 12.5. The van der Waals surface area contributed by atoms with E-state index in [1.165, 1.54) is 0 Å². The molecular weight excluding hydrogens is 386 g/mol. The summed E-state index contributed by atoms with van der Waals surface area (Å²) in [4.78, 5) is 29.3. The van der Waals surface area contributed by atoms with Gasteiger partial charge in [0.05, 0.1) is 16.8 Å². The van der Waals surface area contributed by atoms with Crippen LogP contribution in [0.15, 0.2) is 41.2 Å². The largest absolute Gasteiger partial charge is 0.465 e. The lowest BCUT2D eigenvalue weighted by atomic mass is 9.96. The molecule has 1 N–H and O–H groups in total. The number of carbonyl (C=O) groups is 1. The van der Waals surface area contributed by atoms with Crippen molar-refractivity contribution in [1.29, 1.82) is 0 Å². The zero-order valence-electron chi connectivity index (χ0n) is 16.1. The van der Waals surface area contributed by atoms with Crippen molar-refractivity contribution in [2.75, 3.05) is 18.0 Å². The summed E-state index contributed by atoms with van der Waals surface area (Å²) in [7, 11) is 0. The Hall–Kier alpha value is -3.00. The Labute approximate surface area is 171 Å². The Morgan fingerprint density at radius 1 is 1.24 bits per heavy atom. The molecule has 8 heteroatoms. The molecule has 5 heterocycles. The fourth-order valence-electron chi connectivity index (χ4n) is 3.88. The quantitative estimate of drug-likeness (QED) is 0.556. The first kappa shape index (κ1) is 18.1. The lowest BCUT2D eigenvalue weighted by Gasteiger charge is -2.32. The minimum absolute atomic E-state index is 0.0173. The number of hydrogen-bond acceptors (Lipinski definition) is 7. The second-order valence-electron chi connectivity index (χ2n) is 7.32. The van der Waals surface area contributed by atoms with Gasteiger partial charge in [-0.3, -0.25) is 4.79 Å². The molecule has 1 aliphatic heterocycles. The maximum absolute atomic E-state index is 12.5. The molecule has 0 radical (unpaired) electrons. The van der Waals surface area contributed by atoms with Crippen LogP contribution in [-0.2, 0) is 11.3 Å². The van der Waals surface area contributed by atoms with Crippen molar-refractivity contribution in [2.24, 2.45) is 5.92 Å². The summed E-state index contributed by atoms with van der Waals surface area (Å²) in [5.74, 6) is 2.70. The highest BCUT2D eigenvalue weighted by Crippen LogP contribution is 2.37. The highest BCUT2D eigenvalue weighted by molar-refractivity contribution is 7.25. The molecule has 0 unspecified atom stereocenters. The number of amides is 1. The van der Waals surface area contributed by atoms with Crippen LogP contribution in [0.25, 0.3) is 20.4 Å². The summed E-state index contributed by atoms with van der Waals surface area (Å²) in [5.41, 5.74) is 0.955. The molecule has 0 spiro atoms. The number of pyridine rings is 1. The van der Waals surface area contributed by atoms with Crippen molar-refractivity contribution in [3.8, 4) is 0 Å². The highest BCUT2D eigenvalue weighted by Gasteiger charge is 2.27. The minimum Gasteiger partial charge on any atom is -0.465 e. The van der Waals surface area contributed by atoms with E-state index < -0.39 is 0 Å². The number of nitrogens with zero attached hydrogens (tertiary/aromatic N) is 4. The molecule has 4 aromatic heterocycles. The third-order valence-corrected chi connectivity index (χ3v) is 6.51. The maximum Gasteiger partial charge on any atom is 0.223 e. The molecule has 29 heavy (non-hydrogen) atoms. The van der Waals surface area contributed by atoms with E-state index in [0.29, 0.717) is 6.54 Å². The van der Waals surface area contributed by atoms with Crippen LogP contribution >= 0.6 is 11.3 Å². The Kier molecular flexibility index (Phi) is 4.63. The van der Waals surface area contributed by atoms with Gasteiger partial charge in [0.1, 0.15) is 28.5 Å². The molecule has 0 atom stereocenters. The van der Waals surface area contributed by atoms with Gasteiger partial charge in [-0.15, -0.1) is 11.3 Å². The number of aromatic nitrogens is 3. The third kappa shape index (κ3) is 3.44. The van der Waals surface area contributed by atoms with E-state index in [2.05, 4.69) is 31.2 Å². The normalized spacial score (nSPS) is 15.3. The molecule has 0 bridgehead atoms. The molecule has 148 valence electrons. The molecule has 0 aromatic carbocycles. The first-order valence-corrected chi connectivity index (χ1v) is 10.6. The Bertz CT molecular complexity index is 1180. The molecule has 5 rings (SSSR count). The fourth-order valence-corrected chi connectivity index (χ4v) is 4.99. The van der Waals surface area contributed by atoms with Gasteiger partial charge in [0.15, 0.2) is 0 Å². The van der Waals surface area contributed by atoms with Gasteiger partial charge >= 0.3 is 0 Å². The predicted molar refractivity (Wildman–Crippen MR) is 113 cm³/mol. The second kappa shape index (κ2) is 7.44. The van der Waals surface area contributed by atoms with Crippen LogP contribution in [0.3, 0.4) is 0 Å². The highest BCUT2D eigenvalue weighted by atomic mass is 32.1. The number of thiophene rings is 1. The smallest absolute Gasteiger partial charge is 0.223 e. The number of nitrogens with one attached hydrogen (secondary N) is 1. The molecule has 1 amide bonds. The second-order valence-corrected chi connectivity index (χ2v) is 8.32.